The van der Waals surface area contributed by atoms with Gasteiger partial charge in [0, 0.05) is 13.1 Å². The van der Waals surface area contributed by atoms with E-state index >= 15 is 0 Å². The molecule has 122 valence electrons. The number of likely N-dealkylation sites (tertiary alicyclic amines) is 1. The van der Waals surface area contributed by atoms with Crippen LogP contribution in [-0.2, 0) is 4.79 Å². The average Bonchev–Trinajstić information content (AvgIpc) is 3.15. The Labute approximate surface area is 138 Å². The van der Waals surface area contributed by atoms with Gasteiger partial charge in [0.2, 0.25) is 0 Å². The predicted octanol–water partition coefficient (Wildman–Crippen LogP) is 3.64. The summed E-state index contributed by atoms with van der Waals surface area (Å²) in [6.45, 7) is 4.45. The Morgan fingerprint density at radius 1 is 1.30 bits per heavy atom. The summed E-state index contributed by atoms with van der Waals surface area (Å²) in [4.78, 5) is 27.3. The van der Waals surface area contributed by atoms with E-state index in [0.29, 0.717) is 24.3 Å². The van der Waals surface area contributed by atoms with Crippen LogP contribution in [0.25, 0.3) is 10.6 Å². The lowest BCUT2D eigenvalue weighted by Gasteiger charge is -2.37. The number of aryl methyl sites for hydroxylation is 1. The molecule has 5 nitrogen and oxygen atoms in total. The molecule has 1 unspecified atom stereocenters. The largest absolute Gasteiger partial charge is 0.481 e. The van der Waals surface area contributed by atoms with Crippen LogP contribution in [-0.4, -0.2) is 35.0 Å². The molecule has 1 fully saturated rings. The van der Waals surface area contributed by atoms with Crippen molar-refractivity contribution in [2.24, 2.45) is 5.41 Å². The molecule has 1 atom stereocenters. The average molecular weight is 333 g/mol. The van der Waals surface area contributed by atoms with Crippen LogP contribution in [0.15, 0.2) is 28.7 Å². The van der Waals surface area contributed by atoms with E-state index < -0.39 is 11.4 Å². The number of amides is 1. The van der Waals surface area contributed by atoms with Gasteiger partial charge >= 0.3 is 5.97 Å². The predicted molar refractivity (Wildman–Crippen MR) is 87.6 cm³/mol. The van der Waals surface area contributed by atoms with Crippen molar-refractivity contribution < 1.29 is 19.1 Å². The van der Waals surface area contributed by atoms with E-state index in [1.807, 2.05) is 25.1 Å². The molecule has 0 aliphatic carbocycles. The highest BCUT2D eigenvalue weighted by molar-refractivity contribution is 7.17. The highest BCUT2D eigenvalue weighted by Crippen LogP contribution is 2.33. The van der Waals surface area contributed by atoms with Gasteiger partial charge in [-0.25, -0.2) is 0 Å². The molecule has 1 aliphatic heterocycles. The monoisotopic (exact) mass is 333 g/mol. The Hall–Kier alpha value is -2.08. The normalized spacial score (nSPS) is 21.4. The smallest absolute Gasteiger partial charge is 0.311 e. The summed E-state index contributed by atoms with van der Waals surface area (Å²) in [6, 6.07) is 7.43. The highest BCUT2D eigenvalue weighted by Gasteiger charge is 2.39. The summed E-state index contributed by atoms with van der Waals surface area (Å²) < 4.78 is 5.58. The van der Waals surface area contributed by atoms with Crippen LogP contribution in [0, 0.1) is 12.3 Å². The Morgan fingerprint density at radius 2 is 2.09 bits per heavy atom. The standard InChI is InChI=1S/C17H19NO4S/c1-11-4-5-12(22-11)13-6-7-14(23-13)15(19)18-9-3-8-17(2,10-18)16(20)21/h4-7H,3,8-10H2,1-2H3,(H,20,21). The van der Waals surface area contributed by atoms with Crippen molar-refractivity contribution in [3.05, 3.63) is 34.9 Å². The summed E-state index contributed by atoms with van der Waals surface area (Å²) in [5, 5.41) is 9.37. The molecule has 0 bridgehead atoms. The number of carboxylic acids is 1. The summed E-state index contributed by atoms with van der Waals surface area (Å²) in [6.07, 6.45) is 1.32. The lowest BCUT2D eigenvalue weighted by molar-refractivity contribution is -0.150. The number of hydrogen-bond donors (Lipinski definition) is 1. The Morgan fingerprint density at radius 3 is 2.74 bits per heavy atom. The van der Waals surface area contributed by atoms with Crippen LogP contribution in [0.4, 0.5) is 0 Å². The van der Waals surface area contributed by atoms with Crippen LogP contribution in [0.1, 0.15) is 35.2 Å². The van der Waals surface area contributed by atoms with E-state index in [0.717, 1.165) is 16.4 Å². The molecule has 23 heavy (non-hydrogen) atoms. The third-order valence-electron chi connectivity index (χ3n) is 4.30. The number of carbonyl (C=O) groups excluding carboxylic acids is 1. The zero-order chi connectivity index (χ0) is 16.6. The number of piperidine rings is 1. The van der Waals surface area contributed by atoms with E-state index in [1.54, 1.807) is 17.9 Å². The maximum atomic E-state index is 12.7. The van der Waals surface area contributed by atoms with Gasteiger partial charge in [-0.3, -0.25) is 9.59 Å². The topological polar surface area (TPSA) is 70.8 Å². The number of aliphatic carboxylic acids is 1. The Kier molecular flexibility index (Phi) is 4.02. The molecule has 1 saturated heterocycles. The summed E-state index contributed by atoms with van der Waals surface area (Å²) in [7, 11) is 0. The van der Waals surface area contributed by atoms with Gasteiger partial charge in [0.25, 0.3) is 5.91 Å². The minimum absolute atomic E-state index is 0.100. The summed E-state index contributed by atoms with van der Waals surface area (Å²) >= 11 is 1.38. The number of rotatable bonds is 3. The molecule has 2 aromatic rings. The number of thiophene rings is 1. The second-order valence-electron chi connectivity index (χ2n) is 6.27. The minimum atomic E-state index is -0.855. The first-order valence-corrected chi connectivity index (χ1v) is 8.40. The fourth-order valence-corrected chi connectivity index (χ4v) is 3.83. The van der Waals surface area contributed by atoms with Crippen molar-refractivity contribution >= 4 is 23.2 Å². The van der Waals surface area contributed by atoms with E-state index in [2.05, 4.69) is 0 Å². The maximum Gasteiger partial charge on any atom is 0.311 e. The zero-order valence-corrected chi connectivity index (χ0v) is 14.0. The van der Waals surface area contributed by atoms with Crippen molar-refractivity contribution in [3.8, 4) is 10.6 Å². The first-order chi connectivity index (χ1) is 10.9. The molecular formula is C17H19NO4S. The van der Waals surface area contributed by atoms with Gasteiger partial charge in [-0.2, -0.15) is 0 Å². The van der Waals surface area contributed by atoms with Crippen LogP contribution in [0.2, 0.25) is 0 Å². The third-order valence-corrected chi connectivity index (χ3v) is 5.39. The molecule has 1 amide bonds. The molecule has 6 heteroatoms. The number of carboxylic acid groups (broad SMARTS) is 1. The van der Waals surface area contributed by atoms with E-state index in [1.165, 1.54) is 11.3 Å². The molecule has 1 aliphatic rings. The lowest BCUT2D eigenvalue weighted by Crippen LogP contribution is -2.48. The van der Waals surface area contributed by atoms with Gasteiger partial charge in [-0.15, -0.1) is 11.3 Å². The van der Waals surface area contributed by atoms with Crippen molar-refractivity contribution in [1.82, 2.24) is 4.90 Å². The van der Waals surface area contributed by atoms with Gasteiger partial charge in [0.05, 0.1) is 15.2 Å². The molecule has 3 rings (SSSR count). The molecule has 0 radical (unpaired) electrons. The van der Waals surface area contributed by atoms with Gasteiger partial charge in [-0.05, 0) is 51.0 Å². The molecule has 2 aromatic heterocycles. The van der Waals surface area contributed by atoms with Gasteiger partial charge in [0.15, 0.2) is 0 Å². The number of nitrogens with zero attached hydrogens (tertiary/aromatic N) is 1. The fourth-order valence-electron chi connectivity index (χ4n) is 2.90. The SMILES string of the molecule is Cc1ccc(-c2ccc(C(=O)N3CCCC(C)(C(=O)O)C3)s2)o1. The van der Waals surface area contributed by atoms with Crippen LogP contribution in [0.3, 0.4) is 0 Å². The molecule has 0 aromatic carbocycles. The van der Waals surface area contributed by atoms with E-state index in [-0.39, 0.29) is 12.5 Å². The minimum Gasteiger partial charge on any atom is -0.481 e. The Balaban J connectivity index is 1.78. The highest BCUT2D eigenvalue weighted by atomic mass is 32.1. The van der Waals surface area contributed by atoms with E-state index in [4.69, 9.17) is 4.42 Å². The number of carbonyl (C=O) groups is 2. The number of furan rings is 1. The number of hydrogen-bond acceptors (Lipinski definition) is 4. The molecule has 1 N–H and O–H groups in total. The first kappa shape index (κ1) is 15.8. The third kappa shape index (κ3) is 3.03. The zero-order valence-electron chi connectivity index (χ0n) is 13.2. The molecule has 3 heterocycles. The molecular weight excluding hydrogens is 314 g/mol. The van der Waals surface area contributed by atoms with Crippen molar-refractivity contribution in [3.63, 3.8) is 0 Å². The van der Waals surface area contributed by atoms with Gasteiger partial charge in [0.1, 0.15) is 11.5 Å². The molecule has 0 spiro atoms. The van der Waals surface area contributed by atoms with Crippen molar-refractivity contribution in [2.45, 2.75) is 26.7 Å². The van der Waals surface area contributed by atoms with Gasteiger partial charge < -0.3 is 14.4 Å². The van der Waals surface area contributed by atoms with Crippen LogP contribution in [0.5, 0.6) is 0 Å². The quantitative estimate of drug-likeness (QED) is 0.931. The van der Waals surface area contributed by atoms with E-state index in [9.17, 15) is 14.7 Å². The molecule has 0 saturated carbocycles. The van der Waals surface area contributed by atoms with Crippen molar-refractivity contribution in [1.29, 1.82) is 0 Å². The van der Waals surface area contributed by atoms with Crippen LogP contribution >= 0.6 is 11.3 Å². The summed E-state index contributed by atoms with van der Waals surface area (Å²) in [5.41, 5.74) is -0.855. The Bertz CT molecular complexity index is 747. The summed E-state index contributed by atoms with van der Waals surface area (Å²) in [5.74, 6) is 0.639. The second-order valence-corrected chi connectivity index (χ2v) is 7.35. The van der Waals surface area contributed by atoms with Gasteiger partial charge in [-0.1, -0.05) is 0 Å². The van der Waals surface area contributed by atoms with Crippen LogP contribution < -0.4 is 0 Å². The first-order valence-electron chi connectivity index (χ1n) is 7.58. The second kappa shape index (κ2) is 5.85. The maximum absolute atomic E-state index is 12.7. The van der Waals surface area contributed by atoms with Crippen molar-refractivity contribution in [2.75, 3.05) is 13.1 Å². The fraction of sp³-hybridized carbons (Fsp3) is 0.412. The lowest BCUT2D eigenvalue weighted by atomic mass is 9.82.